The number of benzene rings is 2. The highest BCUT2D eigenvalue weighted by Crippen LogP contribution is 2.30. The molecular weight excluding hydrogens is 470 g/mol. The molecule has 0 aromatic heterocycles. The van der Waals surface area contributed by atoms with Crippen molar-refractivity contribution in [1.29, 1.82) is 0 Å². The molecule has 0 aliphatic carbocycles. The van der Waals surface area contributed by atoms with Crippen molar-refractivity contribution in [2.75, 3.05) is 7.11 Å². The maximum atomic E-state index is 13.5. The van der Waals surface area contributed by atoms with Crippen molar-refractivity contribution in [2.24, 2.45) is 5.73 Å². The van der Waals surface area contributed by atoms with E-state index >= 15 is 0 Å². The molecule has 3 atom stereocenters. The number of carbonyl (C=O) groups is 4. The van der Waals surface area contributed by atoms with Crippen LogP contribution in [-0.2, 0) is 36.9 Å². The molecule has 2 rings (SSSR count). The Kier molecular flexibility index (Phi) is 9.39. The van der Waals surface area contributed by atoms with Gasteiger partial charge in [-0.15, -0.1) is 0 Å². The fourth-order valence-corrected chi connectivity index (χ4v) is 3.46. The SMILES string of the molecule is COC(=O)[C@](C)(Cc1ccc(O)c(O)c1)N(C(=O)OCc1ccccc1)C(=O)[C@H](C)NC(=O)[C@H](C)N. The number of methoxy groups -OCH3 is 1. The number of nitrogens with zero attached hydrogens (tertiary/aromatic N) is 1. The Morgan fingerprint density at radius 2 is 1.67 bits per heavy atom. The first-order valence-corrected chi connectivity index (χ1v) is 11.1. The lowest BCUT2D eigenvalue weighted by atomic mass is 9.90. The first-order valence-electron chi connectivity index (χ1n) is 11.1. The molecule has 0 bridgehead atoms. The smallest absolute Gasteiger partial charge is 0.417 e. The first kappa shape index (κ1) is 28.1. The fraction of sp³-hybridized carbons (Fsp3) is 0.360. The molecule has 0 aliphatic heterocycles. The number of hydrogen-bond donors (Lipinski definition) is 4. The number of aromatic hydroxyl groups is 2. The van der Waals surface area contributed by atoms with E-state index in [9.17, 15) is 29.4 Å². The van der Waals surface area contributed by atoms with Crippen LogP contribution in [0.2, 0.25) is 0 Å². The summed E-state index contributed by atoms with van der Waals surface area (Å²) in [6, 6.07) is 10.3. The predicted molar refractivity (Wildman–Crippen MR) is 129 cm³/mol. The molecule has 11 heteroatoms. The third-order valence-electron chi connectivity index (χ3n) is 5.46. The summed E-state index contributed by atoms with van der Waals surface area (Å²) < 4.78 is 10.3. The predicted octanol–water partition coefficient (Wildman–Crippen LogP) is 1.59. The average molecular weight is 502 g/mol. The zero-order valence-corrected chi connectivity index (χ0v) is 20.6. The third-order valence-corrected chi connectivity index (χ3v) is 5.46. The Morgan fingerprint density at radius 3 is 2.22 bits per heavy atom. The normalized spacial score (nSPS) is 14.0. The summed E-state index contributed by atoms with van der Waals surface area (Å²) in [4.78, 5) is 52.5. The molecule has 5 N–H and O–H groups in total. The van der Waals surface area contributed by atoms with Gasteiger partial charge >= 0.3 is 12.1 Å². The van der Waals surface area contributed by atoms with Crippen molar-refractivity contribution in [3.05, 3.63) is 59.7 Å². The molecule has 36 heavy (non-hydrogen) atoms. The zero-order valence-electron chi connectivity index (χ0n) is 20.6. The molecule has 0 saturated heterocycles. The van der Waals surface area contributed by atoms with Gasteiger partial charge in [0.15, 0.2) is 17.0 Å². The monoisotopic (exact) mass is 501 g/mol. The highest BCUT2D eigenvalue weighted by Gasteiger charge is 2.49. The maximum Gasteiger partial charge on any atom is 0.417 e. The van der Waals surface area contributed by atoms with E-state index in [0.29, 0.717) is 16.0 Å². The lowest BCUT2D eigenvalue weighted by Gasteiger charge is -2.38. The molecule has 194 valence electrons. The van der Waals surface area contributed by atoms with Crippen molar-refractivity contribution in [3.8, 4) is 11.5 Å². The lowest BCUT2D eigenvalue weighted by Crippen LogP contribution is -2.63. The van der Waals surface area contributed by atoms with E-state index in [-0.39, 0.29) is 18.8 Å². The highest BCUT2D eigenvalue weighted by molar-refractivity contribution is 6.02. The van der Waals surface area contributed by atoms with Gasteiger partial charge in [0.1, 0.15) is 12.6 Å². The molecule has 2 aromatic rings. The van der Waals surface area contributed by atoms with Crippen LogP contribution in [0.15, 0.2) is 48.5 Å². The lowest BCUT2D eigenvalue weighted by molar-refractivity contribution is -0.159. The van der Waals surface area contributed by atoms with Gasteiger partial charge in [0.05, 0.1) is 13.2 Å². The van der Waals surface area contributed by atoms with Crippen LogP contribution >= 0.6 is 0 Å². The Labute approximate surface area is 208 Å². The largest absolute Gasteiger partial charge is 0.504 e. The van der Waals surface area contributed by atoms with Crippen LogP contribution in [0, 0.1) is 0 Å². The van der Waals surface area contributed by atoms with Crippen molar-refractivity contribution in [2.45, 2.75) is 51.4 Å². The molecule has 0 saturated carbocycles. The summed E-state index contributed by atoms with van der Waals surface area (Å²) in [6.07, 6.45) is -1.45. The summed E-state index contributed by atoms with van der Waals surface area (Å²) in [5.41, 5.74) is 4.55. The minimum atomic E-state index is -1.96. The summed E-state index contributed by atoms with van der Waals surface area (Å²) in [5, 5.41) is 21.9. The number of phenolic OH excluding ortho intramolecular Hbond substituents is 2. The van der Waals surface area contributed by atoms with Crippen molar-refractivity contribution >= 4 is 23.9 Å². The molecule has 0 aliphatic rings. The van der Waals surface area contributed by atoms with Crippen LogP contribution < -0.4 is 11.1 Å². The zero-order chi connectivity index (χ0) is 27.0. The van der Waals surface area contributed by atoms with Crippen molar-refractivity contribution < 1.29 is 38.9 Å². The molecule has 11 nitrogen and oxygen atoms in total. The van der Waals surface area contributed by atoms with Crippen LogP contribution in [0.4, 0.5) is 4.79 Å². The van der Waals surface area contributed by atoms with Gasteiger partial charge in [0.2, 0.25) is 5.91 Å². The Hall–Kier alpha value is -4.12. The Morgan fingerprint density at radius 1 is 1.03 bits per heavy atom. The minimum Gasteiger partial charge on any atom is -0.504 e. The highest BCUT2D eigenvalue weighted by atomic mass is 16.6. The quantitative estimate of drug-likeness (QED) is 0.294. The summed E-state index contributed by atoms with van der Waals surface area (Å²) in [6.45, 7) is 3.87. The van der Waals surface area contributed by atoms with Gasteiger partial charge in [-0.2, -0.15) is 0 Å². The molecule has 0 unspecified atom stereocenters. The molecule has 0 fully saturated rings. The number of phenols is 2. The number of nitrogens with two attached hydrogens (primary N) is 1. The number of esters is 1. The van der Waals surface area contributed by atoms with Gasteiger partial charge in [-0.3, -0.25) is 9.59 Å². The standard InChI is InChI=1S/C25H31N3O8/c1-15(26)21(31)27-16(2)22(32)28(24(34)36-14-17-8-6-5-7-9-17)25(3,23(33)35-4)13-18-10-11-19(29)20(30)12-18/h5-12,15-16,29-30H,13-14,26H2,1-4H3,(H,27,31)/t15-,16-,25-/m0/s1. The van der Waals surface area contributed by atoms with E-state index in [2.05, 4.69) is 5.32 Å². The summed E-state index contributed by atoms with van der Waals surface area (Å²) in [7, 11) is 1.09. The van der Waals surface area contributed by atoms with E-state index < -0.39 is 47.2 Å². The first-order chi connectivity index (χ1) is 16.9. The van der Waals surface area contributed by atoms with Crippen molar-refractivity contribution in [1.82, 2.24) is 10.2 Å². The second-order valence-corrected chi connectivity index (χ2v) is 8.50. The van der Waals surface area contributed by atoms with Gasteiger partial charge in [-0.25, -0.2) is 14.5 Å². The number of ether oxygens (including phenoxy) is 2. The van der Waals surface area contributed by atoms with Gasteiger partial charge in [0.25, 0.3) is 5.91 Å². The molecule has 0 heterocycles. The molecular formula is C25H31N3O8. The van der Waals surface area contributed by atoms with E-state index in [1.54, 1.807) is 30.3 Å². The van der Waals surface area contributed by atoms with Crippen molar-refractivity contribution in [3.63, 3.8) is 0 Å². The van der Waals surface area contributed by atoms with Crippen LogP contribution in [0.25, 0.3) is 0 Å². The minimum absolute atomic E-state index is 0.193. The van der Waals surface area contributed by atoms with Gasteiger partial charge < -0.3 is 30.7 Å². The number of nitrogens with one attached hydrogen (secondary N) is 1. The second kappa shape index (κ2) is 12.0. The third kappa shape index (κ3) is 6.72. The number of amides is 3. The average Bonchev–Trinajstić information content (AvgIpc) is 2.84. The van der Waals surface area contributed by atoms with E-state index in [1.807, 2.05) is 0 Å². The van der Waals surface area contributed by atoms with Gasteiger partial charge in [-0.1, -0.05) is 36.4 Å². The summed E-state index contributed by atoms with van der Waals surface area (Å²) in [5.74, 6) is -3.39. The molecule has 2 aromatic carbocycles. The second-order valence-electron chi connectivity index (χ2n) is 8.50. The van der Waals surface area contributed by atoms with E-state index in [1.165, 1.54) is 39.0 Å². The number of imide groups is 1. The van der Waals surface area contributed by atoms with Crippen LogP contribution in [0.3, 0.4) is 0 Å². The molecule has 0 spiro atoms. The number of rotatable bonds is 9. The van der Waals surface area contributed by atoms with Gasteiger partial charge in [0, 0.05) is 6.42 Å². The van der Waals surface area contributed by atoms with Crippen LogP contribution in [-0.4, -0.2) is 63.7 Å². The maximum absolute atomic E-state index is 13.5. The molecule has 3 amide bonds. The van der Waals surface area contributed by atoms with Crippen LogP contribution in [0.1, 0.15) is 31.9 Å². The van der Waals surface area contributed by atoms with E-state index in [0.717, 1.165) is 7.11 Å². The van der Waals surface area contributed by atoms with E-state index in [4.69, 9.17) is 15.2 Å². The van der Waals surface area contributed by atoms with Gasteiger partial charge in [-0.05, 0) is 44.0 Å². The van der Waals surface area contributed by atoms with Crippen LogP contribution in [0.5, 0.6) is 11.5 Å². The molecule has 0 radical (unpaired) electrons. The fourth-order valence-electron chi connectivity index (χ4n) is 3.46. The summed E-state index contributed by atoms with van der Waals surface area (Å²) >= 11 is 0. The number of hydrogen-bond acceptors (Lipinski definition) is 9. The Balaban J connectivity index is 2.49. The topological polar surface area (TPSA) is 168 Å². The number of carbonyl (C=O) groups excluding carboxylic acids is 4. The Bertz CT molecular complexity index is 1110.